The molecule has 132 valence electrons. The Morgan fingerprint density at radius 1 is 1.04 bits per heavy atom. The van der Waals surface area contributed by atoms with Gasteiger partial charge >= 0.3 is 5.97 Å². The van der Waals surface area contributed by atoms with Gasteiger partial charge in [0.2, 0.25) is 5.91 Å². The molecule has 0 aliphatic carbocycles. The smallest absolute Gasteiger partial charge is 0.310 e. The summed E-state index contributed by atoms with van der Waals surface area (Å²) in [6, 6.07) is 10.4. The highest BCUT2D eigenvalue weighted by molar-refractivity contribution is 5.87. The number of nitrogens with zero attached hydrogens (tertiary/aromatic N) is 1. The molecule has 5 heteroatoms. The van der Waals surface area contributed by atoms with E-state index < -0.39 is 23.9 Å². The van der Waals surface area contributed by atoms with Crippen LogP contribution < -0.4 is 0 Å². The molecular formula is C20H23NO4. The summed E-state index contributed by atoms with van der Waals surface area (Å²) in [5, 5.41) is 9.47. The first kappa shape index (κ1) is 16.3. The topological polar surface area (TPSA) is 66.8 Å². The quantitative estimate of drug-likeness (QED) is 0.852. The molecule has 25 heavy (non-hydrogen) atoms. The van der Waals surface area contributed by atoms with Crippen molar-refractivity contribution in [3.63, 3.8) is 0 Å². The lowest BCUT2D eigenvalue weighted by molar-refractivity contribution is -0.150. The van der Waals surface area contributed by atoms with Crippen LogP contribution in [0.1, 0.15) is 18.4 Å². The molecule has 2 bridgehead atoms. The second-order valence-corrected chi connectivity index (χ2v) is 7.30. The lowest BCUT2D eigenvalue weighted by atomic mass is 9.81. The molecule has 2 fully saturated rings. The third-order valence-electron chi connectivity index (χ3n) is 5.76. The molecule has 0 spiro atoms. The van der Waals surface area contributed by atoms with Crippen molar-refractivity contribution in [2.75, 3.05) is 13.1 Å². The van der Waals surface area contributed by atoms with Crippen molar-refractivity contribution in [2.24, 2.45) is 17.8 Å². The fourth-order valence-corrected chi connectivity index (χ4v) is 4.41. The largest absolute Gasteiger partial charge is 0.481 e. The minimum atomic E-state index is -0.936. The van der Waals surface area contributed by atoms with Gasteiger partial charge in [-0.2, -0.15) is 0 Å². The third kappa shape index (κ3) is 3.09. The Morgan fingerprint density at radius 2 is 1.68 bits per heavy atom. The number of benzene rings is 1. The molecule has 5 nitrogen and oxygen atoms in total. The Labute approximate surface area is 147 Å². The number of fused-ring (bicyclic) bond motifs is 2. The second-order valence-electron chi connectivity index (χ2n) is 7.30. The highest BCUT2D eigenvalue weighted by atomic mass is 16.5. The number of carbonyl (C=O) groups excluding carboxylic acids is 1. The van der Waals surface area contributed by atoms with Crippen LogP contribution in [0.3, 0.4) is 0 Å². The molecule has 1 amide bonds. The average molecular weight is 341 g/mol. The number of carbonyl (C=O) groups is 2. The lowest BCUT2D eigenvalue weighted by Gasteiger charge is -2.35. The van der Waals surface area contributed by atoms with Crippen LogP contribution in [0.5, 0.6) is 0 Å². The number of aliphatic carboxylic acids is 1. The first-order valence-electron chi connectivity index (χ1n) is 9.03. The molecule has 3 aliphatic rings. The molecule has 0 saturated carbocycles. The summed E-state index contributed by atoms with van der Waals surface area (Å²) in [5.41, 5.74) is 1.34. The first-order valence-corrected chi connectivity index (χ1v) is 9.03. The van der Waals surface area contributed by atoms with Crippen molar-refractivity contribution in [3.8, 4) is 0 Å². The summed E-state index contributed by atoms with van der Waals surface area (Å²) in [6.45, 7) is 1.42. The van der Waals surface area contributed by atoms with Gasteiger partial charge in [-0.3, -0.25) is 9.59 Å². The summed E-state index contributed by atoms with van der Waals surface area (Å²) < 4.78 is 5.63. The average Bonchev–Trinajstić information content (AvgIpc) is 3.24. The molecule has 1 aromatic rings. The zero-order valence-corrected chi connectivity index (χ0v) is 14.1. The molecule has 2 saturated heterocycles. The van der Waals surface area contributed by atoms with Crippen LogP contribution in [0.2, 0.25) is 0 Å². The van der Waals surface area contributed by atoms with Crippen LogP contribution in [-0.4, -0.2) is 47.2 Å². The fourth-order valence-electron chi connectivity index (χ4n) is 4.41. The molecule has 4 unspecified atom stereocenters. The maximum absolute atomic E-state index is 12.9. The predicted molar refractivity (Wildman–Crippen MR) is 91.9 cm³/mol. The van der Waals surface area contributed by atoms with E-state index in [-0.39, 0.29) is 12.0 Å². The summed E-state index contributed by atoms with van der Waals surface area (Å²) in [6.07, 6.45) is 5.77. The Kier molecular flexibility index (Phi) is 4.34. The monoisotopic (exact) mass is 341 g/mol. The van der Waals surface area contributed by atoms with Crippen molar-refractivity contribution in [2.45, 2.75) is 31.5 Å². The number of carboxylic acids is 1. The van der Waals surface area contributed by atoms with Gasteiger partial charge in [-0.25, -0.2) is 0 Å². The van der Waals surface area contributed by atoms with Gasteiger partial charge in [0.1, 0.15) is 5.92 Å². The van der Waals surface area contributed by atoms with Crippen LogP contribution >= 0.6 is 0 Å². The number of rotatable bonds is 4. The normalized spacial score (nSPS) is 31.4. The number of ether oxygens (including phenoxy) is 1. The van der Waals surface area contributed by atoms with Crippen LogP contribution in [0.25, 0.3) is 0 Å². The van der Waals surface area contributed by atoms with Crippen molar-refractivity contribution in [1.82, 2.24) is 4.90 Å². The van der Waals surface area contributed by atoms with Crippen molar-refractivity contribution >= 4 is 11.9 Å². The van der Waals surface area contributed by atoms with E-state index in [0.29, 0.717) is 19.0 Å². The zero-order valence-electron chi connectivity index (χ0n) is 14.1. The Balaban J connectivity index is 1.37. The van der Waals surface area contributed by atoms with Gasteiger partial charge in [-0.05, 0) is 30.7 Å². The summed E-state index contributed by atoms with van der Waals surface area (Å²) in [4.78, 5) is 26.3. The maximum atomic E-state index is 12.9. The number of piperidine rings is 1. The minimum absolute atomic E-state index is 0.0533. The first-order chi connectivity index (χ1) is 12.1. The Bertz CT molecular complexity index is 678. The van der Waals surface area contributed by atoms with Crippen molar-refractivity contribution < 1.29 is 19.4 Å². The summed E-state index contributed by atoms with van der Waals surface area (Å²) in [5.74, 6) is -1.72. The number of amides is 1. The molecular weight excluding hydrogens is 318 g/mol. The van der Waals surface area contributed by atoms with Gasteiger partial charge in [-0.1, -0.05) is 42.5 Å². The number of hydrogen-bond acceptors (Lipinski definition) is 3. The molecule has 4 atom stereocenters. The van der Waals surface area contributed by atoms with Crippen LogP contribution in [0.15, 0.2) is 42.5 Å². The van der Waals surface area contributed by atoms with Crippen LogP contribution in [0, 0.1) is 17.8 Å². The zero-order chi connectivity index (χ0) is 17.4. The second kappa shape index (κ2) is 6.64. The Morgan fingerprint density at radius 3 is 2.32 bits per heavy atom. The standard InChI is InChI=1S/C20H23NO4/c22-19(17-15-6-7-16(25-15)18(17)20(23)24)21-10-8-14(9-11-21)12-13-4-2-1-3-5-13/h1-7,14-18H,8-12H2,(H,23,24). The molecule has 3 aliphatic heterocycles. The number of carboxylic acid groups (broad SMARTS) is 1. The molecule has 1 N–H and O–H groups in total. The summed E-state index contributed by atoms with van der Waals surface area (Å²) >= 11 is 0. The van der Waals surface area contributed by atoms with Gasteiger partial charge in [0.05, 0.1) is 18.1 Å². The highest BCUT2D eigenvalue weighted by Crippen LogP contribution is 2.40. The molecule has 0 radical (unpaired) electrons. The molecule has 4 rings (SSSR count). The van der Waals surface area contributed by atoms with E-state index in [1.807, 2.05) is 17.0 Å². The van der Waals surface area contributed by atoms with Gasteiger partial charge < -0.3 is 14.7 Å². The predicted octanol–water partition coefficient (Wildman–Crippen LogP) is 2.12. The van der Waals surface area contributed by atoms with Crippen molar-refractivity contribution in [1.29, 1.82) is 0 Å². The van der Waals surface area contributed by atoms with E-state index in [0.717, 1.165) is 19.3 Å². The van der Waals surface area contributed by atoms with Gasteiger partial charge in [0, 0.05) is 13.1 Å². The highest BCUT2D eigenvalue weighted by Gasteiger charge is 2.54. The van der Waals surface area contributed by atoms with E-state index in [4.69, 9.17) is 4.74 Å². The van der Waals surface area contributed by atoms with E-state index in [2.05, 4.69) is 24.3 Å². The number of likely N-dealkylation sites (tertiary alicyclic amines) is 1. The minimum Gasteiger partial charge on any atom is -0.481 e. The summed E-state index contributed by atoms with van der Waals surface area (Å²) in [7, 11) is 0. The van der Waals surface area contributed by atoms with Crippen molar-refractivity contribution in [3.05, 3.63) is 48.0 Å². The number of hydrogen-bond donors (Lipinski definition) is 1. The van der Waals surface area contributed by atoms with Crippen LogP contribution in [0.4, 0.5) is 0 Å². The SMILES string of the molecule is O=C(O)C1C2C=CC(O2)C1C(=O)N1CCC(Cc2ccccc2)CC1. The van der Waals surface area contributed by atoms with Gasteiger partial charge in [-0.15, -0.1) is 0 Å². The molecule has 0 aromatic heterocycles. The van der Waals surface area contributed by atoms with Gasteiger partial charge in [0.15, 0.2) is 0 Å². The third-order valence-corrected chi connectivity index (χ3v) is 5.76. The van der Waals surface area contributed by atoms with Gasteiger partial charge in [0.25, 0.3) is 0 Å². The van der Waals surface area contributed by atoms with E-state index >= 15 is 0 Å². The van der Waals surface area contributed by atoms with E-state index in [1.54, 1.807) is 6.08 Å². The lowest BCUT2D eigenvalue weighted by Crippen LogP contribution is -2.47. The molecule has 3 heterocycles. The maximum Gasteiger partial charge on any atom is 0.310 e. The van der Waals surface area contributed by atoms with E-state index in [9.17, 15) is 14.7 Å². The van der Waals surface area contributed by atoms with Crippen LogP contribution in [-0.2, 0) is 20.7 Å². The molecule has 1 aromatic carbocycles. The van der Waals surface area contributed by atoms with E-state index in [1.165, 1.54) is 5.56 Å². The Hall–Kier alpha value is -2.14. The fraction of sp³-hybridized carbons (Fsp3) is 0.500.